The van der Waals surface area contributed by atoms with Gasteiger partial charge in [0.2, 0.25) is 11.1 Å². The van der Waals surface area contributed by atoms with E-state index in [-0.39, 0.29) is 5.91 Å². The van der Waals surface area contributed by atoms with E-state index in [2.05, 4.69) is 46.4 Å². The molecule has 7 heteroatoms. The molecule has 2 heterocycles. The van der Waals surface area contributed by atoms with Gasteiger partial charge in [-0.15, -0.1) is 5.10 Å². The number of fused-ring (bicyclic) bond motifs is 1. The van der Waals surface area contributed by atoms with E-state index >= 15 is 0 Å². The number of hydrogen-bond acceptors (Lipinski definition) is 5. The summed E-state index contributed by atoms with van der Waals surface area (Å²) in [5, 5.41) is 12.8. The van der Waals surface area contributed by atoms with Crippen LogP contribution in [0.2, 0.25) is 0 Å². The van der Waals surface area contributed by atoms with Gasteiger partial charge in [0.25, 0.3) is 0 Å². The van der Waals surface area contributed by atoms with E-state index in [9.17, 15) is 4.79 Å². The molecule has 1 aromatic carbocycles. The number of carbonyl (C=O) groups is 1. The largest absolute Gasteiger partial charge is 0.339 e. The molecular formula is C20H27N5OS. The lowest BCUT2D eigenvalue weighted by molar-refractivity contribution is -0.134. The molecular weight excluding hydrogens is 358 g/mol. The van der Waals surface area contributed by atoms with Gasteiger partial charge in [0.05, 0.1) is 11.4 Å². The summed E-state index contributed by atoms with van der Waals surface area (Å²) in [4.78, 5) is 15.1. The number of rotatable bonds is 4. The fraction of sp³-hybridized carbons (Fsp3) is 0.600. The number of piperidine rings is 1. The van der Waals surface area contributed by atoms with Gasteiger partial charge >= 0.3 is 0 Å². The van der Waals surface area contributed by atoms with E-state index in [4.69, 9.17) is 0 Å². The molecule has 1 saturated carbocycles. The van der Waals surface area contributed by atoms with Gasteiger partial charge in [-0.1, -0.05) is 30.7 Å². The van der Waals surface area contributed by atoms with Crippen molar-refractivity contribution in [3.05, 3.63) is 29.3 Å². The number of likely N-dealkylation sites (tertiary alicyclic amines) is 1. The maximum Gasteiger partial charge on any atom is 0.233 e. The summed E-state index contributed by atoms with van der Waals surface area (Å²) in [5.74, 6) is 1.34. The third kappa shape index (κ3) is 3.88. The van der Waals surface area contributed by atoms with Crippen molar-refractivity contribution < 1.29 is 4.79 Å². The highest BCUT2D eigenvalue weighted by atomic mass is 32.2. The summed E-state index contributed by atoms with van der Waals surface area (Å²) in [7, 11) is 0. The summed E-state index contributed by atoms with van der Waals surface area (Å²) in [6.07, 6.45) is 7.45. The molecule has 0 bridgehead atoms. The van der Waals surface area contributed by atoms with Crippen molar-refractivity contribution in [3.8, 4) is 5.69 Å². The monoisotopic (exact) mass is 385 g/mol. The van der Waals surface area contributed by atoms with Crippen LogP contribution in [0.5, 0.6) is 0 Å². The highest BCUT2D eigenvalue weighted by Crippen LogP contribution is 2.35. The zero-order valence-electron chi connectivity index (χ0n) is 16.1. The molecule has 0 radical (unpaired) electrons. The van der Waals surface area contributed by atoms with Crippen molar-refractivity contribution in [2.24, 2.45) is 5.92 Å². The maximum atomic E-state index is 12.9. The number of aromatic nitrogens is 4. The highest BCUT2D eigenvalue weighted by Gasteiger charge is 2.35. The van der Waals surface area contributed by atoms with Crippen LogP contribution in [0, 0.1) is 19.8 Å². The minimum atomic E-state index is 0.228. The van der Waals surface area contributed by atoms with E-state index in [0.29, 0.717) is 22.9 Å². The predicted molar refractivity (Wildman–Crippen MR) is 106 cm³/mol. The van der Waals surface area contributed by atoms with Gasteiger partial charge < -0.3 is 4.90 Å². The third-order valence-corrected chi connectivity index (χ3v) is 6.97. The smallest absolute Gasteiger partial charge is 0.233 e. The van der Waals surface area contributed by atoms with Crippen LogP contribution in [-0.4, -0.2) is 49.4 Å². The SMILES string of the molecule is Cc1ccc(-n2nnnc2SCC(=O)N2CCC[C@@H]3CCCC[C@H]32)cc1C. The van der Waals surface area contributed by atoms with Crippen molar-refractivity contribution in [3.63, 3.8) is 0 Å². The molecule has 1 aromatic heterocycles. The van der Waals surface area contributed by atoms with Crippen LogP contribution in [0.4, 0.5) is 0 Å². The second-order valence-corrected chi connectivity index (χ2v) is 8.71. The standard InChI is InChI=1S/C20H27N5OS/c1-14-9-10-17(12-15(14)2)25-20(21-22-23-25)27-13-19(26)24-11-5-7-16-6-3-4-8-18(16)24/h9-10,12,16,18H,3-8,11,13H2,1-2H3/t16-,18+/m0/s1. The minimum absolute atomic E-state index is 0.228. The van der Waals surface area contributed by atoms with Crippen molar-refractivity contribution >= 4 is 17.7 Å². The number of nitrogens with zero attached hydrogens (tertiary/aromatic N) is 5. The second kappa shape index (κ2) is 8.00. The van der Waals surface area contributed by atoms with E-state index in [1.54, 1.807) is 4.68 Å². The van der Waals surface area contributed by atoms with Crippen LogP contribution in [-0.2, 0) is 4.79 Å². The molecule has 144 valence electrons. The summed E-state index contributed by atoms with van der Waals surface area (Å²) in [6, 6.07) is 6.62. The number of thioether (sulfide) groups is 1. The topological polar surface area (TPSA) is 63.9 Å². The Morgan fingerprint density at radius 2 is 1.96 bits per heavy atom. The van der Waals surface area contributed by atoms with Crippen molar-refractivity contribution in [1.82, 2.24) is 25.1 Å². The van der Waals surface area contributed by atoms with Crippen LogP contribution < -0.4 is 0 Å². The van der Waals surface area contributed by atoms with E-state index in [1.807, 2.05) is 6.07 Å². The van der Waals surface area contributed by atoms with Crippen molar-refractivity contribution in [2.45, 2.75) is 63.6 Å². The van der Waals surface area contributed by atoms with Crippen LogP contribution >= 0.6 is 11.8 Å². The molecule has 2 aromatic rings. The molecule has 1 aliphatic carbocycles. The van der Waals surface area contributed by atoms with Crippen molar-refractivity contribution in [2.75, 3.05) is 12.3 Å². The van der Waals surface area contributed by atoms with Gasteiger partial charge in [0, 0.05) is 12.6 Å². The van der Waals surface area contributed by atoms with E-state index in [0.717, 1.165) is 18.7 Å². The molecule has 0 unspecified atom stereocenters. The van der Waals surface area contributed by atoms with Crippen LogP contribution in [0.15, 0.2) is 23.4 Å². The number of aryl methyl sites for hydroxylation is 2. The molecule has 0 spiro atoms. The van der Waals surface area contributed by atoms with Crippen LogP contribution in [0.3, 0.4) is 0 Å². The zero-order chi connectivity index (χ0) is 18.8. The average Bonchev–Trinajstić information content (AvgIpc) is 3.16. The maximum absolute atomic E-state index is 12.9. The molecule has 2 fully saturated rings. The Labute approximate surface area is 164 Å². The van der Waals surface area contributed by atoms with Gasteiger partial charge in [0.1, 0.15) is 0 Å². The second-order valence-electron chi connectivity index (χ2n) is 7.77. The quantitative estimate of drug-likeness (QED) is 0.753. The van der Waals surface area contributed by atoms with E-state index in [1.165, 1.54) is 55.0 Å². The Kier molecular flexibility index (Phi) is 5.48. The number of benzene rings is 1. The Balaban J connectivity index is 1.44. The lowest BCUT2D eigenvalue weighted by atomic mass is 9.78. The molecule has 1 aliphatic heterocycles. The highest BCUT2D eigenvalue weighted by molar-refractivity contribution is 7.99. The summed E-state index contributed by atoms with van der Waals surface area (Å²) >= 11 is 1.44. The Morgan fingerprint density at radius 3 is 2.81 bits per heavy atom. The predicted octanol–water partition coefficient (Wildman–Crippen LogP) is 3.55. The normalized spacial score (nSPS) is 22.5. The Morgan fingerprint density at radius 1 is 1.15 bits per heavy atom. The number of hydrogen-bond donors (Lipinski definition) is 0. The van der Waals surface area contributed by atoms with Gasteiger partial charge in [-0.05, 0) is 79.1 Å². The molecule has 6 nitrogen and oxygen atoms in total. The van der Waals surface area contributed by atoms with Gasteiger partial charge in [-0.25, -0.2) is 0 Å². The minimum Gasteiger partial charge on any atom is -0.339 e. The van der Waals surface area contributed by atoms with Gasteiger partial charge in [0.15, 0.2) is 0 Å². The lowest BCUT2D eigenvalue weighted by Crippen LogP contribution is -2.50. The summed E-state index contributed by atoms with van der Waals surface area (Å²) < 4.78 is 1.73. The first kappa shape index (κ1) is 18.5. The molecule has 2 atom stereocenters. The molecule has 1 saturated heterocycles. The Hall–Kier alpha value is -1.89. The van der Waals surface area contributed by atoms with Crippen LogP contribution in [0.1, 0.15) is 49.7 Å². The number of amides is 1. The Bertz CT molecular complexity index is 818. The average molecular weight is 386 g/mol. The van der Waals surface area contributed by atoms with Gasteiger partial charge in [-0.2, -0.15) is 4.68 Å². The molecule has 27 heavy (non-hydrogen) atoms. The lowest BCUT2D eigenvalue weighted by Gasteiger charge is -2.44. The van der Waals surface area contributed by atoms with E-state index < -0.39 is 0 Å². The molecule has 0 N–H and O–H groups in total. The van der Waals surface area contributed by atoms with Crippen molar-refractivity contribution in [1.29, 1.82) is 0 Å². The fourth-order valence-corrected chi connectivity index (χ4v) is 5.21. The molecule has 2 aliphatic rings. The fourth-order valence-electron chi connectivity index (χ4n) is 4.43. The first-order chi connectivity index (χ1) is 13.1. The summed E-state index contributed by atoms with van der Waals surface area (Å²) in [6.45, 7) is 5.07. The zero-order valence-corrected chi connectivity index (χ0v) is 16.9. The number of carbonyl (C=O) groups excluding carboxylic acids is 1. The van der Waals surface area contributed by atoms with Crippen LogP contribution in [0.25, 0.3) is 5.69 Å². The first-order valence-electron chi connectivity index (χ1n) is 9.92. The summed E-state index contributed by atoms with van der Waals surface area (Å²) in [5.41, 5.74) is 3.37. The third-order valence-electron chi connectivity index (χ3n) is 6.06. The molecule has 1 amide bonds. The van der Waals surface area contributed by atoms with Gasteiger partial charge in [-0.3, -0.25) is 4.79 Å². The molecule has 4 rings (SSSR count). The number of tetrazole rings is 1. The first-order valence-corrected chi connectivity index (χ1v) is 10.9.